The number of unbranched alkanes of at least 4 members (excludes halogenated alkanes) is 1. The smallest absolute Gasteiger partial charge is 0.224 e. The van der Waals surface area contributed by atoms with Gasteiger partial charge in [-0.2, -0.15) is 5.10 Å². The molecule has 0 aliphatic rings. The molecular formula is C25H29N3O3S. The minimum absolute atomic E-state index is 0.0930. The van der Waals surface area contributed by atoms with E-state index in [9.17, 15) is 8.42 Å². The van der Waals surface area contributed by atoms with Crippen molar-refractivity contribution in [3.63, 3.8) is 0 Å². The molecule has 0 fully saturated rings. The van der Waals surface area contributed by atoms with Crippen molar-refractivity contribution in [2.45, 2.75) is 36.1 Å². The molecule has 7 heteroatoms. The molecular weight excluding hydrogens is 422 g/mol. The summed E-state index contributed by atoms with van der Waals surface area (Å²) >= 11 is 0. The molecule has 168 valence electrons. The van der Waals surface area contributed by atoms with Crippen molar-refractivity contribution >= 4 is 31.5 Å². The van der Waals surface area contributed by atoms with Gasteiger partial charge < -0.3 is 9.64 Å². The van der Waals surface area contributed by atoms with Crippen molar-refractivity contribution in [2.24, 2.45) is 0 Å². The number of fused-ring (bicyclic) bond motifs is 2. The molecule has 0 amide bonds. The Morgan fingerprint density at radius 1 is 0.969 bits per heavy atom. The number of benzene rings is 3. The van der Waals surface area contributed by atoms with Gasteiger partial charge in [0.05, 0.1) is 17.0 Å². The van der Waals surface area contributed by atoms with Gasteiger partial charge in [0.25, 0.3) is 0 Å². The highest BCUT2D eigenvalue weighted by Gasteiger charge is 2.25. The van der Waals surface area contributed by atoms with Crippen LogP contribution in [0.25, 0.3) is 21.7 Å². The molecule has 6 nitrogen and oxygen atoms in total. The average Bonchev–Trinajstić information content (AvgIpc) is 3.23. The Morgan fingerprint density at radius 3 is 2.62 bits per heavy atom. The number of ether oxygens (including phenoxy) is 1. The van der Waals surface area contributed by atoms with E-state index in [1.807, 2.05) is 36.4 Å². The Bertz CT molecular complexity index is 1310. The van der Waals surface area contributed by atoms with E-state index < -0.39 is 9.84 Å². The van der Waals surface area contributed by atoms with Gasteiger partial charge in [-0.1, -0.05) is 43.3 Å². The molecule has 0 atom stereocenters. The van der Waals surface area contributed by atoms with E-state index in [2.05, 4.69) is 29.1 Å². The second-order valence-corrected chi connectivity index (χ2v) is 9.93. The number of nitrogens with one attached hydrogen (secondary N) is 1. The van der Waals surface area contributed by atoms with Gasteiger partial charge in [0, 0.05) is 10.8 Å². The fraction of sp³-hybridized carbons (Fsp3) is 0.320. The van der Waals surface area contributed by atoms with Crippen LogP contribution in [-0.2, 0) is 9.84 Å². The SMILES string of the molecule is CCCN(C)CCCCOc1ccc2n[nH]c(S(=O)(=O)c3cccc4ccccc34)c2c1. The van der Waals surface area contributed by atoms with Crippen LogP contribution in [0.3, 0.4) is 0 Å². The Labute approximate surface area is 189 Å². The molecule has 0 saturated heterocycles. The predicted octanol–water partition coefficient (Wildman–Crippen LogP) is 5.05. The van der Waals surface area contributed by atoms with Crippen LogP contribution in [0, 0.1) is 0 Å². The van der Waals surface area contributed by atoms with E-state index in [-0.39, 0.29) is 9.92 Å². The zero-order valence-corrected chi connectivity index (χ0v) is 19.4. The third-order valence-electron chi connectivity index (χ3n) is 5.61. The highest BCUT2D eigenvalue weighted by molar-refractivity contribution is 7.91. The molecule has 4 rings (SSSR count). The molecule has 0 spiro atoms. The van der Waals surface area contributed by atoms with Crippen molar-refractivity contribution in [3.05, 3.63) is 60.7 Å². The zero-order chi connectivity index (χ0) is 22.6. The van der Waals surface area contributed by atoms with Crippen molar-refractivity contribution in [1.82, 2.24) is 15.1 Å². The first-order chi connectivity index (χ1) is 15.5. The largest absolute Gasteiger partial charge is 0.494 e. The molecule has 1 N–H and O–H groups in total. The van der Waals surface area contributed by atoms with E-state index in [0.717, 1.165) is 37.7 Å². The summed E-state index contributed by atoms with van der Waals surface area (Å²) in [5.41, 5.74) is 0.595. The Hall–Kier alpha value is -2.90. The van der Waals surface area contributed by atoms with Crippen LogP contribution >= 0.6 is 0 Å². The summed E-state index contributed by atoms with van der Waals surface area (Å²) in [5.74, 6) is 0.648. The summed E-state index contributed by atoms with van der Waals surface area (Å²) in [6.07, 6.45) is 3.16. The van der Waals surface area contributed by atoms with Crippen LogP contribution in [-0.4, -0.2) is 50.3 Å². The monoisotopic (exact) mass is 451 g/mol. The zero-order valence-electron chi connectivity index (χ0n) is 18.5. The maximum absolute atomic E-state index is 13.5. The van der Waals surface area contributed by atoms with E-state index in [1.165, 1.54) is 0 Å². The van der Waals surface area contributed by atoms with Gasteiger partial charge in [0.15, 0.2) is 5.03 Å². The first-order valence-electron chi connectivity index (χ1n) is 11.0. The Kier molecular flexibility index (Phi) is 6.77. The van der Waals surface area contributed by atoms with E-state index in [4.69, 9.17) is 4.74 Å². The van der Waals surface area contributed by atoms with Gasteiger partial charge in [-0.3, -0.25) is 5.10 Å². The van der Waals surface area contributed by atoms with E-state index in [1.54, 1.807) is 24.3 Å². The maximum atomic E-state index is 13.5. The molecule has 0 aliphatic heterocycles. The number of sulfone groups is 1. The summed E-state index contributed by atoms with van der Waals surface area (Å²) in [6.45, 7) is 4.92. The number of hydrogen-bond donors (Lipinski definition) is 1. The van der Waals surface area contributed by atoms with Gasteiger partial charge >= 0.3 is 0 Å². The molecule has 0 aliphatic carbocycles. The summed E-state index contributed by atoms with van der Waals surface area (Å²) in [4.78, 5) is 2.59. The van der Waals surface area contributed by atoms with Crippen LogP contribution < -0.4 is 4.74 Å². The first-order valence-corrected chi connectivity index (χ1v) is 12.5. The average molecular weight is 452 g/mol. The topological polar surface area (TPSA) is 75.3 Å². The quantitative estimate of drug-likeness (QED) is 0.342. The highest BCUT2D eigenvalue weighted by atomic mass is 32.2. The van der Waals surface area contributed by atoms with E-state index >= 15 is 0 Å². The number of H-pyrrole nitrogens is 1. The van der Waals surface area contributed by atoms with Gasteiger partial charge in [-0.25, -0.2) is 8.42 Å². The van der Waals surface area contributed by atoms with Crippen LogP contribution in [0.4, 0.5) is 0 Å². The predicted molar refractivity (Wildman–Crippen MR) is 128 cm³/mol. The summed E-state index contributed by atoms with van der Waals surface area (Å²) < 4.78 is 33.0. The minimum atomic E-state index is -3.79. The number of aromatic nitrogens is 2. The molecule has 32 heavy (non-hydrogen) atoms. The van der Waals surface area contributed by atoms with Crippen molar-refractivity contribution in [1.29, 1.82) is 0 Å². The lowest BCUT2D eigenvalue weighted by Gasteiger charge is -2.15. The number of rotatable bonds is 10. The third-order valence-corrected chi connectivity index (χ3v) is 7.39. The summed E-state index contributed by atoms with van der Waals surface area (Å²) in [7, 11) is -1.65. The van der Waals surface area contributed by atoms with Gasteiger partial charge in [-0.15, -0.1) is 0 Å². The Morgan fingerprint density at radius 2 is 1.78 bits per heavy atom. The number of nitrogens with zero attached hydrogens (tertiary/aromatic N) is 2. The normalized spacial score (nSPS) is 12.1. The lowest BCUT2D eigenvalue weighted by Crippen LogP contribution is -2.20. The van der Waals surface area contributed by atoms with E-state index in [0.29, 0.717) is 28.6 Å². The lowest BCUT2D eigenvalue weighted by atomic mass is 10.1. The van der Waals surface area contributed by atoms with Gasteiger partial charge in [-0.05, 0) is 69.1 Å². The van der Waals surface area contributed by atoms with Gasteiger partial charge in [0.2, 0.25) is 9.84 Å². The van der Waals surface area contributed by atoms with Crippen molar-refractivity contribution in [3.8, 4) is 5.75 Å². The van der Waals surface area contributed by atoms with Crippen molar-refractivity contribution < 1.29 is 13.2 Å². The highest BCUT2D eigenvalue weighted by Crippen LogP contribution is 2.32. The second-order valence-electron chi connectivity index (χ2n) is 8.07. The molecule has 3 aromatic carbocycles. The number of aromatic amines is 1. The Balaban J connectivity index is 1.55. The fourth-order valence-corrected chi connectivity index (χ4v) is 5.54. The van der Waals surface area contributed by atoms with Crippen LogP contribution in [0.2, 0.25) is 0 Å². The molecule has 0 unspecified atom stereocenters. The molecule has 0 saturated carbocycles. The molecule has 1 heterocycles. The second kappa shape index (κ2) is 9.71. The summed E-state index contributed by atoms with van der Waals surface area (Å²) in [6, 6.07) is 18.2. The fourth-order valence-electron chi connectivity index (χ4n) is 3.97. The molecule has 0 bridgehead atoms. The third kappa shape index (κ3) is 4.64. The van der Waals surface area contributed by atoms with Crippen molar-refractivity contribution in [2.75, 3.05) is 26.7 Å². The maximum Gasteiger partial charge on any atom is 0.224 e. The molecule has 4 aromatic rings. The molecule has 1 aromatic heterocycles. The first kappa shape index (κ1) is 22.3. The number of hydrogen-bond acceptors (Lipinski definition) is 5. The van der Waals surface area contributed by atoms with Gasteiger partial charge in [0.1, 0.15) is 5.75 Å². The van der Waals surface area contributed by atoms with Crippen LogP contribution in [0.5, 0.6) is 5.75 Å². The van der Waals surface area contributed by atoms with Crippen LogP contribution in [0.1, 0.15) is 26.2 Å². The standard InChI is InChI=1S/C25H29N3O3S/c1-3-15-28(2)16-6-7-17-31-20-13-14-23-22(18-20)25(27-26-23)32(29,30)24-12-8-10-19-9-4-5-11-21(19)24/h4-5,8-14,18H,3,6-7,15-17H2,1-2H3,(H,26,27). The lowest BCUT2D eigenvalue weighted by molar-refractivity contribution is 0.279. The molecule has 0 radical (unpaired) electrons. The van der Waals surface area contributed by atoms with Crippen LogP contribution in [0.15, 0.2) is 70.6 Å². The minimum Gasteiger partial charge on any atom is -0.494 e. The summed E-state index contributed by atoms with van der Waals surface area (Å²) in [5, 5.41) is 9.17.